The number of ether oxygens (including phenoxy) is 3. The first-order chi connectivity index (χ1) is 11.5. The van der Waals surface area contributed by atoms with Crippen LogP contribution >= 0.6 is 0 Å². The largest absolute Gasteiger partial charge is 0.493 e. The molecule has 0 spiro atoms. The summed E-state index contributed by atoms with van der Waals surface area (Å²) >= 11 is 0. The van der Waals surface area contributed by atoms with Crippen molar-refractivity contribution in [2.24, 2.45) is 5.92 Å². The number of para-hydroxylation sites is 1. The normalized spacial score (nSPS) is 15.2. The van der Waals surface area contributed by atoms with Crippen molar-refractivity contribution in [3.63, 3.8) is 0 Å². The second kappa shape index (κ2) is 8.79. The van der Waals surface area contributed by atoms with Crippen molar-refractivity contribution in [1.29, 1.82) is 0 Å². The maximum atomic E-state index is 12.5. The number of hydrogen-bond acceptors (Lipinski definition) is 5. The Labute approximate surface area is 138 Å². The van der Waals surface area contributed by atoms with Crippen LogP contribution in [0.5, 0.6) is 11.5 Å². The van der Waals surface area contributed by atoms with Gasteiger partial charge >= 0.3 is 6.61 Å². The molecule has 1 fully saturated rings. The molecule has 2 rings (SSSR count). The molecule has 0 bridgehead atoms. The maximum Gasteiger partial charge on any atom is 0.387 e. The van der Waals surface area contributed by atoms with E-state index in [9.17, 15) is 18.7 Å². The minimum absolute atomic E-state index is 0.0243. The molecule has 1 amide bonds. The third kappa shape index (κ3) is 5.61. The number of amides is 1. The topological polar surface area (TPSA) is 77.0 Å². The lowest BCUT2D eigenvalue weighted by Gasteiger charge is -2.16. The Bertz CT molecular complexity index is 551. The lowest BCUT2D eigenvalue weighted by Crippen LogP contribution is -2.35. The zero-order valence-electron chi connectivity index (χ0n) is 13.3. The van der Waals surface area contributed by atoms with E-state index < -0.39 is 18.6 Å². The van der Waals surface area contributed by atoms with E-state index in [-0.39, 0.29) is 30.2 Å². The number of benzene rings is 1. The summed E-state index contributed by atoms with van der Waals surface area (Å²) in [5.74, 6) is -0.383. The van der Waals surface area contributed by atoms with Crippen LogP contribution in [0.4, 0.5) is 8.78 Å². The van der Waals surface area contributed by atoms with Gasteiger partial charge in [0, 0.05) is 13.2 Å². The third-order valence-electron chi connectivity index (χ3n) is 3.51. The Hall–Kier alpha value is -1.93. The summed E-state index contributed by atoms with van der Waals surface area (Å²) in [6.07, 6.45) is 1.42. The molecule has 8 heteroatoms. The molecule has 0 aliphatic heterocycles. The quantitative estimate of drug-likeness (QED) is 0.676. The third-order valence-corrected chi connectivity index (χ3v) is 3.51. The van der Waals surface area contributed by atoms with E-state index in [1.54, 1.807) is 0 Å². The van der Waals surface area contributed by atoms with Crippen LogP contribution in [0.15, 0.2) is 18.2 Å². The van der Waals surface area contributed by atoms with Crippen LogP contribution in [0.3, 0.4) is 0 Å². The van der Waals surface area contributed by atoms with Crippen molar-refractivity contribution in [2.75, 3.05) is 26.9 Å². The first-order valence-electron chi connectivity index (χ1n) is 7.67. The van der Waals surface area contributed by atoms with Crippen molar-refractivity contribution in [2.45, 2.75) is 25.6 Å². The van der Waals surface area contributed by atoms with Crippen molar-refractivity contribution >= 4 is 5.91 Å². The summed E-state index contributed by atoms with van der Waals surface area (Å²) in [7, 11) is 1.29. The first kappa shape index (κ1) is 18.4. The summed E-state index contributed by atoms with van der Waals surface area (Å²) in [4.78, 5) is 12.2. The summed E-state index contributed by atoms with van der Waals surface area (Å²) in [6.45, 7) is -2.44. The van der Waals surface area contributed by atoms with Crippen molar-refractivity contribution < 1.29 is 32.9 Å². The number of aliphatic hydroxyl groups excluding tert-OH is 1. The van der Waals surface area contributed by atoms with Crippen LogP contribution in [-0.2, 0) is 4.74 Å². The lowest BCUT2D eigenvalue weighted by molar-refractivity contribution is -0.0515. The molecular formula is C16H21F2NO5. The molecule has 0 heterocycles. The SMILES string of the molecule is COc1cccc(C(=O)NC[C@H](O)COCC2CC2)c1OC(F)F. The highest BCUT2D eigenvalue weighted by atomic mass is 19.3. The molecule has 0 radical (unpaired) electrons. The second-order valence-corrected chi connectivity index (χ2v) is 5.56. The number of nitrogens with one attached hydrogen (secondary N) is 1. The number of halogens is 2. The second-order valence-electron chi connectivity index (χ2n) is 5.56. The van der Waals surface area contributed by atoms with E-state index >= 15 is 0 Å². The fraction of sp³-hybridized carbons (Fsp3) is 0.562. The molecule has 2 N–H and O–H groups in total. The molecule has 24 heavy (non-hydrogen) atoms. The fourth-order valence-electron chi connectivity index (χ4n) is 2.09. The monoisotopic (exact) mass is 345 g/mol. The number of alkyl halides is 2. The molecule has 1 aromatic carbocycles. The predicted octanol–water partition coefficient (Wildman–Crippen LogP) is 1.81. The Morgan fingerprint density at radius 1 is 1.42 bits per heavy atom. The van der Waals surface area contributed by atoms with Gasteiger partial charge in [-0.2, -0.15) is 8.78 Å². The fourth-order valence-corrected chi connectivity index (χ4v) is 2.09. The summed E-state index contributed by atoms with van der Waals surface area (Å²) in [5.41, 5.74) is -0.0965. The van der Waals surface area contributed by atoms with Gasteiger partial charge in [-0.05, 0) is 30.9 Å². The van der Waals surface area contributed by atoms with E-state index in [0.717, 1.165) is 12.8 Å². The number of rotatable bonds is 10. The summed E-state index contributed by atoms with van der Waals surface area (Å²) in [6, 6.07) is 4.24. The van der Waals surface area contributed by atoms with Gasteiger partial charge in [-0.3, -0.25) is 4.79 Å². The minimum Gasteiger partial charge on any atom is -0.493 e. The Morgan fingerprint density at radius 3 is 2.79 bits per heavy atom. The average molecular weight is 345 g/mol. The molecular weight excluding hydrogens is 324 g/mol. The lowest BCUT2D eigenvalue weighted by atomic mass is 10.1. The molecule has 1 aromatic rings. The number of hydrogen-bond donors (Lipinski definition) is 2. The van der Waals surface area contributed by atoms with Crippen LogP contribution in [0, 0.1) is 5.92 Å². The standard InChI is InChI=1S/C16H21F2NO5/c1-22-13-4-2-3-12(14(13)24-16(17)18)15(21)19-7-11(20)9-23-8-10-5-6-10/h2-4,10-11,16,20H,5-9H2,1H3,(H,19,21)/t11-/m0/s1. The van der Waals surface area contributed by atoms with Crippen molar-refractivity contribution in [1.82, 2.24) is 5.32 Å². The van der Waals surface area contributed by atoms with Crippen LogP contribution in [-0.4, -0.2) is 50.6 Å². The summed E-state index contributed by atoms with van der Waals surface area (Å²) < 4.78 is 39.7. The van der Waals surface area contributed by atoms with Gasteiger partial charge in [-0.1, -0.05) is 6.07 Å². The molecule has 0 saturated heterocycles. The van der Waals surface area contributed by atoms with Crippen molar-refractivity contribution in [3.8, 4) is 11.5 Å². The predicted molar refractivity (Wildman–Crippen MR) is 81.5 cm³/mol. The Morgan fingerprint density at radius 2 is 2.17 bits per heavy atom. The van der Waals surface area contributed by atoms with E-state index in [1.165, 1.54) is 25.3 Å². The Kier molecular flexibility index (Phi) is 6.74. The number of carbonyl (C=O) groups excluding carboxylic acids is 1. The minimum atomic E-state index is -3.09. The highest BCUT2D eigenvalue weighted by Gasteiger charge is 2.22. The van der Waals surface area contributed by atoms with Gasteiger partial charge in [0.25, 0.3) is 5.91 Å². The van der Waals surface area contributed by atoms with Gasteiger partial charge in [0.1, 0.15) is 0 Å². The van der Waals surface area contributed by atoms with E-state index in [0.29, 0.717) is 12.5 Å². The van der Waals surface area contributed by atoms with Crippen LogP contribution in [0.2, 0.25) is 0 Å². The zero-order chi connectivity index (χ0) is 17.5. The van der Waals surface area contributed by atoms with Crippen LogP contribution in [0.1, 0.15) is 23.2 Å². The van der Waals surface area contributed by atoms with Gasteiger partial charge in [0.15, 0.2) is 11.5 Å². The summed E-state index contributed by atoms with van der Waals surface area (Å²) in [5, 5.41) is 12.2. The van der Waals surface area contributed by atoms with Gasteiger partial charge < -0.3 is 24.6 Å². The van der Waals surface area contributed by atoms with Gasteiger partial charge in [-0.15, -0.1) is 0 Å². The average Bonchev–Trinajstić information content (AvgIpc) is 3.36. The van der Waals surface area contributed by atoms with E-state index in [2.05, 4.69) is 10.1 Å². The molecule has 6 nitrogen and oxygen atoms in total. The highest BCUT2D eigenvalue weighted by Crippen LogP contribution is 2.32. The number of methoxy groups -OCH3 is 1. The van der Waals surface area contributed by atoms with Gasteiger partial charge in [0.2, 0.25) is 0 Å². The molecule has 0 unspecified atom stereocenters. The van der Waals surface area contributed by atoms with Gasteiger partial charge in [-0.25, -0.2) is 0 Å². The highest BCUT2D eigenvalue weighted by molar-refractivity contribution is 5.97. The first-order valence-corrected chi connectivity index (χ1v) is 7.67. The van der Waals surface area contributed by atoms with Crippen molar-refractivity contribution in [3.05, 3.63) is 23.8 Å². The maximum absolute atomic E-state index is 12.5. The van der Waals surface area contributed by atoms with Crippen LogP contribution < -0.4 is 14.8 Å². The molecule has 1 saturated carbocycles. The number of carbonyl (C=O) groups is 1. The smallest absolute Gasteiger partial charge is 0.387 e. The number of aliphatic hydroxyl groups is 1. The van der Waals surface area contributed by atoms with E-state index in [4.69, 9.17) is 9.47 Å². The van der Waals surface area contributed by atoms with E-state index in [1.807, 2.05) is 0 Å². The molecule has 1 atom stereocenters. The molecule has 1 aliphatic carbocycles. The molecule has 1 aliphatic rings. The molecule has 134 valence electrons. The molecule has 0 aromatic heterocycles. The van der Waals surface area contributed by atoms with Crippen LogP contribution in [0.25, 0.3) is 0 Å². The zero-order valence-corrected chi connectivity index (χ0v) is 13.3. The van der Waals surface area contributed by atoms with Gasteiger partial charge in [0.05, 0.1) is 25.4 Å². The Balaban J connectivity index is 1.90.